The molecule has 1 saturated carbocycles. The Hall–Kier alpha value is -1.43. The molecule has 0 radical (unpaired) electrons. The summed E-state index contributed by atoms with van der Waals surface area (Å²) in [7, 11) is 0. The number of aromatic nitrogens is 2. The Kier molecular flexibility index (Phi) is 4.76. The van der Waals surface area contributed by atoms with Crippen molar-refractivity contribution in [1.82, 2.24) is 15.1 Å². The van der Waals surface area contributed by atoms with Crippen LogP contribution in [0.4, 0.5) is 0 Å². The fourth-order valence-corrected chi connectivity index (χ4v) is 3.64. The number of carbonyl (C=O) groups excluding carboxylic acids is 1. The van der Waals surface area contributed by atoms with Gasteiger partial charge < -0.3 is 14.1 Å². The van der Waals surface area contributed by atoms with Gasteiger partial charge in [0.05, 0.1) is 12.0 Å². The highest BCUT2D eigenvalue weighted by Crippen LogP contribution is 2.32. The van der Waals surface area contributed by atoms with Crippen molar-refractivity contribution in [3.63, 3.8) is 0 Å². The zero-order valence-corrected chi connectivity index (χ0v) is 13.5. The summed E-state index contributed by atoms with van der Waals surface area (Å²) < 4.78 is 11.6. The minimum atomic E-state index is 0.107. The third-order valence-electron chi connectivity index (χ3n) is 4.94. The van der Waals surface area contributed by atoms with Crippen molar-refractivity contribution >= 4 is 5.91 Å². The summed E-state index contributed by atoms with van der Waals surface area (Å²) in [5.74, 6) is 1.43. The smallest absolute Gasteiger partial charge is 0.242 e. The van der Waals surface area contributed by atoms with E-state index in [1.807, 2.05) is 4.90 Å². The lowest BCUT2D eigenvalue weighted by molar-refractivity contribution is -0.132. The van der Waals surface area contributed by atoms with Crippen LogP contribution in [0, 0.1) is 0 Å². The molecule has 1 saturated heterocycles. The molecule has 2 aliphatic rings. The second-order valence-corrected chi connectivity index (χ2v) is 6.45. The van der Waals surface area contributed by atoms with Crippen LogP contribution < -0.4 is 0 Å². The molecular weight excluding hydrogens is 282 g/mol. The molecule has 0 bridgehead atoms. The topological polar surface area (TPSA) is 68.5 Å². The van der Waals surface area contributed by atoms with Crippen molar-refractivity contribution in [3.05, 3.63) is 11.8 Å². The van der Waals surface area contributed by atoms with Crippen molar-refractivity contribution in [2.24, 2.45) is 0 Å². The summed E-state index contributed by atoms with van der Waals surface area (Å²) in [6.07, 6.45) is 7.07. The SMILES string of the molecule is CC(=O)N1CCC[C@H](c2nnc(COC3CCCC3)o2)[C@@H]1C. The Morgan fingerprint density at radius 2 is 2.05 bits per heavy atom. The standard InChI is InChI=1S/C16H25N3O3/c1-11-14(8-5-9-19(11)12(2)20)16-18-17-15(22-16)10-21-13-6-3-4-7-13/h11,13-14H,3-10H2,1-2H3/t11-,14-/m0/s1. The second-order valence-electron chi connectivity index (χ2n) is 6.45. The molecule has 2 atom stereocenters. The first-order valence-corrected chi connectivity index (χ1v) is 8.36. The maximum Gasteiger partial charge on any atom is 0.242 e. The summed E-state index contributed by atoms with van der Waals surface area (Å²) in [6, 6.07) is 0.107. The van der Waals surface area contributed by atoms with Crippen LogP contribution in [0.1, 0.15) is 70.1 Å². The van der Waals surface area contributed by atoms with E-state index in [-0.39, 0.29) is 17.9 Å². The number of likely N-dealkylation sites (tertiary alicyclic amines) is 1. The Bertz CT molecular complexity index is 510. The molecule has 2 heterocycles. The molecule has 1 aromatic heterocycles. The van der Waals surface area contributed by atoms with E-state index in [1.54, 1.807) is 6.92 Å². The Labute approximate surface area is 131 Å². The number of hydrogen-bond donors (Lipinski definition) is 0. The normalized spacial score (nSPS) is 26.5. The summed E-state index contributed by atoms with van der Waals surface area (Å²) >= 11 is 0. The number of hydrogen-bond acceptors (Lipinski definition) is 5. The van der Waals surface area contributed by atoms with Gasteiger partial charge in [-0.1, -0.05) is 12.8 Å². The minimum Gasteiger partial charge on any atom is -0.422 e. The van der Waals surface area contributed by atoms with Crippen LogP contribution in [0.3, 0.4) is 0 Å². The van der Waals surface area contributed by atoms with Crippen LogP contribution in [0.15, 0.2) is 4.42 Å². The molecule has 3 rings (SSSR count). The number of carbonyl (C=O) groups is 1. The summed E-state index contributed by atoms with van der Waals surface area (Å²) in [5.41, 5.74) is 0. The summed E-state index contributed by atoms with van der Waals surface area (Å²) in [6.45, 7) is 4.89. The maximum atomic E-state index is 11.7. The van der Waals surface area contributed by atoms with E-state index in [1.165, 1.54) is 12.8 Å². The molecule has 122 valence electrons. The van der Waals surface area contributed by atoms with E-state index < -0.39 is 0 Å². The molecule has 0 aromatic carbocycles. The number of ether oxygens (including phenoxy) is 1. The van der Waals surface area contributed by atoms with Crippen molar-refractivity contribution in [2.45, 2.75) is 77.0 Å². The third-order valence-corrected chi connectivity index (χ3v) is 4.94. The van der Waals surface area contributed by atoms with Gasteiger partial charge >= 0.3 is 0 Å². The van der Waals surface area contributed by atoms with Gasteiger partial charge in [-0.15, -0.1) is 10.2 Å². The summed E-state index contributed by atoms with van der Waals surface area (Å²) in [5, 5.41) is 8.31. The number of nitrogens with zero attached hydrogens (tertiary/aromatic N) is 3. The minimum absolute atomic E-state index is 0.107. The molecule has 1 aromatic rings. The van der Waals surface area contributed by atoms with Gasteiger partial charge in [-0.3, -0.25) is 4.79 Å². The highest BCUT2D eigenvalue weighted by molar-refractivity contribution is 5.73. The molecular formula is C16H25N3O3. The van der Waals surface area contributed by atoms with E-state index in [0.29, 0.717) is 24.5 Å². The Morgan fingerprint density at radius 1 is 1.27 bits per heavy atom. The highest BCUT2D eigenvalue weighted by atomic mass is 16.5. The van der Waals surface area contributed by atoms with E-state index in [4.69, 9.17) is 9.15 Å². The molecule has 1 amide bonds. The van der Waals surface area contributed by atoms with Crippen molar-refractivity contribution in [3.8, 4) is 0 Å². The molecule has 0 N–H and O–H groups in total. The zero-order valence-electron chi connectivity index (χ0n) is 13.5. The van der Waals surface area contributed by atoms with Gasteiger partial charge in [0.25, 0.3) is 0 Å². The van der Waals surface area contributed by atoms with Gasteiger partial charge in [0, 0.05) is 19.5 Å². The monoisotopic (exact) mass is 307 g/mol. The predicted molar refractivity (Wildman–Crippen MR) is 80.2 cm³/mol. The molecule has 1 aliphatic carbocycles. The molecule has 6 nitrogen and oxygen atoms in total. The van der Waals surface area contributed by atoms with Crippen molar-refractivity contribution in [2.75, 3.05) is 6.54 Å². The number of rotatable bonds is 4. The van der Waals surface area contributed by atoms with Gasteiger partial charge in [-0.05, 0) is 32.6 Å². The first-order chi connectivity index (χ1) is 10.6. The number of piperidine rings is 1. The fraction of sp³-hybridized carbons (Fsp3) is 0.812. The maximum absolute atomic E-state index is 11.7. The quantitative estimate of drug-likeness (QED) is 0.855. The first kappa shape index (κ1) is 15.5. The van der Waals surface area contributed by atoms with E-state index in [9.17, 15) is 4.79 Å². The largest absolute Gasteiger partial charge is 0.422 e. The molecule has 1 aliphatic heterocycles. The highest BCUT2D eigenvalue weighted by Gasteiger charge is 2.34. The Morgan fingerprint density at radius 3 is 2.77 bits per heavy atom. The van der Waals surface area contributed by atoms with Gasteiger partial charge in [0.2, 0.25) is 17.7 Å². The van der Waals surface area contributed by atoms with Gasteiger partial charge in [0.1, 0.15) is 6.61 Å². The van der Waals surface area contributed by atoms with E-state index in [2.05, 4.69) is 17.1 Å². The molecule has 22 heavy (non-hydrogen) atoms. The van der Waals surface area contributed by atoms with Gasteiger partial charge in [-0.25, -0.2) is 0 Å². The zero-order chi connectivity index (χ0) is 15.5. The van der Waals surface area contributed by atoms with Crippen LogP contribution in [-0.2, 0) is 16.1 Å². The second kappa shape index (κ2) is 6.77. The third kappa shape index (κ3) is 3.32. The van der Waals surface area contributed by atoms with E-state index >= 15 is 0 Å². The van der Waals surface area contributed by atoms with Crippen LogP contribution in [-0.4, -0.2) is 39.7 Å². The van der Waals surface area contributed by atoms with Gasteiger partial charge in [0.15, 0.2) is 0 Å². The molecule has 0 unspecified atom stereocenters. The summed E-state index contributed by atoms with van der Waals surface area (Å²) in [4.78, 5) is 13.6. The predicted octanol–water partition coefficient (Wildman–Crippen LogP) is 2.64. The van der Waals surface area contributed by atoms with E-state index in [0.717, 1.165) is 32.2 Å². The van der Waals surface area contributed by atoms with Crippen LogP contribution in [0.2, 0.25) is 0 Å². The van der Waals surface area contributed by atoms with Crippen LogP contribution in [0.5, 0.6) is 0 Å². The average Bonchev–Trinajstić information content (AvgIpc) is 3.16. The molecule has 0 spiro atoms. The van der Waals surface area contributed by atoms with Gasteiger partial charge in [-0.2, -0.15) is 0 Å². The lowest BCUT2D eigenvalue weighted by Gasteiger charge is -2.37. The fourth-order valence-electron chi connectivity index (χ4n) is 3.64. The lowest BCUT2D eigenvalue weighted by atomic mass is 9.90. The molecule has 6 heteroatoms. The van der Waals surface area contributed by atoms with Crippen LogP contribution >= 0.6 is 0 Å². The number of amides is 1. The molecule has 2 fully saturated rings. The Balaban J connectivity index is 1.61. The lowest BCUT2D eigenvalue weighted by Crippen LogP contribution is -2.44. The van der Waals surface area contributed by atoms with Crippen molar-refractivity contribution < 1.29 is 13.9 Å². The first-order valence-electron chi connectivity index (χ1n) is 8.36. The average molecular weight is 307 g/mol. The van der Waals surface area contributed by atoms with Crippen LogP contribution in [0.25, 0.3) is 0 Å². The van der Waals surface area contributed by atoms with Crippen molar-refractivity contribution in [1.29, 1.82) is 0 Å².